The van der Waals surface area contributed by atoms with E-state index in [2.05, 4.69) is 20.5 Å². The zero-order valence-electron chi connectivity index (χ0n) is 10.3. The molecule has 2 rings (SSSR count). The molecule has 0 amide bonds. The standard InChI is InChI=1S/C12H15ClN4O/c1-8(12-15-7-16-17-12)14-6-9-5-10(13)3-4-11(9)18-2/h3-5,7-8,14H,6H2,1-2H3,(H,15,16,17). The van der Waals surface area contributed by atoms with Crippen LogP contribution in [-0.2, 0) is 6.54 Å². The molecule has 1 heterocycles. The van der Waals surface area contributed by atoms with Gasteiger partial charge in [-0.2, -0.15) is 5.10 Å². The summed E-state index contributed by atoms with van der Waals surface area (Å²) in [6.45, 7) is 2.66. The van der Waals surface area contributed by atoms with E-state index in [9.17, 15) is 0 Å². The van der Waals surface area contributed by atoms with Crippen LogP contribution in [0.25, 0.3) is 0 Å². The van der Waals surface area contributed by atoms with E-state index in [4.69, 9.17) is 16.3 Å². The van der Waals surface area contributed by atoms with Crippen LogP contribution in [0.1, 0.15) is 24.4 Å². The van der Waals surface area contributed by atoms with Gasteiger partial charge in [-0.3, -0.25) is 5.10 Å². The Morgan fingerprint density at radius 3 is 3.00 bits per heavy atom. The Labute approximate surface area is 111 Å². The summed E-state index contributed by atoms with van der Waals surface area (Å²) in [6.07, 6.45) is 1.49. The molecular weight excluding hydrogens is 252 g/mol. The number of halogens is 1. The highest BCUT2D eigenvalue weighted by Crippen LogP contribution is 2.23. The van der Waals surface area contributed by atoms with Gasteiger partial charge in [0.2, 0.25) is 0 Å². The van der Waals surface area contributed by atoms with Crippen molar-refractivity contribution in [2.24, 2.45) is 0 Å². The van der Waals surface area contributed by atoms with Gasteiger partial charge in [-0.05, 0) is 25.1 Å². The van der Waals surface area contributed by atoms with Crippen LogP contribution in [0, 0.1) is 0 Å². The lowest BCUT2D eigenvalue weighted by molar-refractivity contribution is 0.405. The van der Waals surface area contributed by atoms with E-state index in [-0.39, 0.29) is 6.04 Å². The van der Waals surface area contributed by atoms with Gasteiger partial charge in [0.15, 0.2) is 0 Å². The first-order valence-electron chi connectivity index (χ1n) is 5.61. The van der Waals surface area contributed by atoms with E-state index in [1.165, 1.54) is 6.33 Å². The average Bonchev–Trinajstić information content (AvgIpc) is 2.90. The Kier molecular flexibility index (Phi) is 4.17. The average molecular weight is 267 g/mol. The molecule has 1 aromatic heterocycles. The molecule has 1 aromatic carbocycles. The summed E-state index contributed by atoms with van der Waals surface area (Å²) in [4.78, 5) is 4.10. The number of nitrogens with one attached hydrogen (secondary N) is 2. The van der Waals surface area contributed by atoms with Crippen molar-refractivity contribution in [3.63, 3.8) is 0 Å². The van der Waals surface area contributed by atoms with Gasteiger partial charge in [0.1, 0.15) is 17.9 Å². The summed E-state index contributed by atoms with van der Waals surface area (Å²) >= 11 is 5.98. The normalized spacial score (nSPS) is 12.4. The van der Waals surface area contributed by atoms with Gasteiger partial charge in [0.05, 0.1) is 13.2 Å². The zero-order chi connectivity index (χ0) is 13.0. The fraction of sp³-hybridized carbons (Fsp3) is 0.333. The predicted molar refractivity (Wildman–Crippen MR) is 69.6 cm³/mol. The van der Waals surface area contributed by atoms with Gasteiger partial charge in [-0.25, -0.2) is 4.98 Å². The van der Waals surface area contributed by atoms with Gasteiger partial charge < -0.3 is 10.1 Å². The zero-order valence-corrected chi connectivity index (χ0v) is 11.0. The Bertz CT molecular complexity index is 501. The number of aromatic nitrogens is 3. The van der Waals surface area contributed by atoms with E-state index >= 15 is 0 Å². The number of hydrogen-bond acceptors (Lipinski definition) is 4. The van der Waals surface area contributed by atoms with E-state index in [1.807, 2.05) is 25.1 Å². The third kappa shape index (κ3) is 3.00. The lowest BCUT2D eigenvalue weighted by Crippen LogP contribution is -2.19. The van der Waals surface area contributed by atoms with Crippen LogP contribution in [-0.4, -0.2) is 22.3 Å². The van der Waals surface area contributed by atoms with Crippen LogP contribution in [0.3, 0.4) is 0 Å². The first-order chi connectivity index (χ1) is 8.70. The minimum atomic E-state index is 0.0798. The molecule has 0 spiro atoms. The lowest BCUT2D eigenvalue weighted by atomic mass is 10.2. The fourth-order valence-corrected chi connectivity index (χ4v) is 1.86. The molecule has 18 heavy (non-hydrogen) atoms. The molecule has 96 valence electrons. The van der Waals surface area contributed by atoms with E-state index in [0.717, 1.165) is 17.1 Å². The molecule has 0 aliphatic rings. The van der Waals surface area contributed by atoms with Gasteiger partial charge in [-0.1, -0.05) is 11.6 Å². The maximum absolute atomic E-state index is 5.98. The van der Waals surface area contributed by atoms with Crippen LogP contribution in [0.4, 0.5) is 0 Å². The molecular formula is C12H15ClN4O. The summed E-state index contributed by atoms with van der Waals surface area (Å²) in [6, 6.07) is 5.64. The van der Waals surface area contributed by atoms with Crippen molar-refractivity contribution in [3.8, 4) is 5.75 Å². The molecule has 0 fully saturated rings. The van der Waals surface area contributed by atoms with Gasteiger partial charge in [0.25, 0.3) is 0 Å². The summed E-state index contributed by atoms with van der Waals surface area (Å²) in [5, 5.41) is 10.7. The highest BCUT2D eigenvalue weighted by molar-refractivity contribution is 6.30. The van der Waals surface area contributed by atoms with Crippen LogP contribution in [0.2, 0.25) is 5.02 Å². The number of ether oxygens (including phenoxy) is 1. The number of methoxy groups -OCH3 is 1. The van der Waals surface area contributed by atoms with Crippen molar-refractivity contribution in [3.05, 3.63) is 40.9 Å². The highest BCUT2D eigenvalue weighted by atomic mass is 35.5. The molecule has 0 saturated carbocycles. The number of hydrogen-bond donors (Lipinski definition) is 2. The van der Waals surface area contributed by atoms with E-state index in [0.29, 0.717) is 11.6 Å². The van der Waals surface area contributed by atoms with Crippen molar-refractivity contribution < 1.29 is 4.74 Å². The monoisotopic (exact) mass is 266 g/mol. The summed E-state index contributed by atoms with van der Waals surface area (Å²) < 4.78 is 5.29. The molecule has 5 nitrogen and oxygen atoms in total. The number of aromatic amines is 1. The van der Waals surface area contributed by atoms with Crippen LogP contribution < -0.4 is 10.1 Å². The summed E-state index contributed by atoms with van der Waals surface area (Å²) in [5.41, 5.74) is 1.01. The molecule has 0 saturated heterocycles. The molecule has 2 N–H and O–H groups in total. The third-order valence-electron chi connectivity index (χ3n) is 2.68. The quantitative estimate of drug-likeness (QED) is 0.872. The van der Waals surface area contributed by atoms with Gasteiger partial charge in [0, 0.05) is 17.1 Å². The Hall–Kier alpha value is -1.59. The second kappa shape index (κ2) is 5.84. The largest absolute Gasteiger partial charge is 0.496 e. The van der Waals surface area contributed by atoms with Gasteiger partial charge >= 0.3 is 0 Å². The smallest absolute Gasteiger partial charge is 0.141 e. The van der Waals surface area contributed by atoms with Crippen molar-refractivity contribution in [2.75, 3.05) is 7.11 Å². The molecule has 0 bridgehead atoms. The lowest BCUT2D eigenvalue weighted by Gasteiger charge is -2.13. The number of H-pyrrole nitrogens is 1. The minimum absolute atomic E-state index is 0.0798. The van der Waals surface area contributed by atoms with Crippen molar-refractivity contribution in [1.82, 2.24) is 20.5 Å². The molecule has 0 aliphatic heterocycles. The minimum Gasteiger partial charge on any atom is -0.496 e. The molecule has 6 heteroatoms. The maximum Gasteiger partial charge on any atom is 0.141 e. The molecule has 1 unspecified atom stereocenters. The SMILES string of the molecule is COc1ccc(Cl)cc1CNC(C)c1ncn[nH]1. The van der Waals surface area contributed by atoms with Crippen LogP contribution >= 0.6 is 11.6 Å². The maximum atomic E-state index is 5.98. The highest BCUT2D eigenvalue weighted by Gasteiger charge is 2.09. The van der Waals surface area contributed by atoms with Crippen molar-refractivity contribution in [1.29, 1.82) is 0 Å². The Morgan fingerprint density at radius 1 is 1.50 bits per heavy atom. The number of benzene rings is 1. The second-order valence-electron chi connectivity index (χ2n) is 3.93. The summed E-state index contributed by atoms with van der Waals surface area (Å²) in [5.74, 6) is 1.62. The van der Waals surface area contributed by atoms with Gasteiger partial charge in [-0.15, -0.1) is 0 Å². The molecule has 2 aromatic rings. The topological polar surface area (TPSA) is 62.8 Å². The van der Waals surface area contributed by atoms with E-state index < -0.39 is 0 Å². The third-order valence-corrected chi connectivity index (χ3v) is 2.92. The predicted octanol–water partition coefficient (Wildman–Crippen LogP) is 2.32. The number of nitrogens with zero attached hydrogens (tertiary/aromatic N) is 2. The first-order valence-corrected chi connectivity index (χ1v) is 5.99. The van der Waals surface area contributed by atoms with E-state index in [1.54, 1.807) is 7.11 Å². The van der Waals surface area contributed by atoms with Crippen LogP contribution in [0.5, 0.6) is 5.75 Å². The Morgan fingerprint density at radius 2 is 2.33 bits per heavy atom. The summed E-state index contributed by atoms with van der Waals surface area (Å²) in [7, 11) is 1.65. The first kappa shape index (κ1) is 12.9. The fourth-order valence-electron chi connectivity index (χ4n) is 1.67. The van der Waals surface area contributed by atoms with Crippen molar-refractivity contribution >= 4 is 11.6 Å². The van der Waals surface area contributed by atoms with Crippen LogP contribution in [0.15, 0.2) is 24.5 Å². The molecule has 1 atom stereocenters. The number of rotatable bonds is 5. The van der Waals surface area contributed by atoms with Crippen molar-refractivity contribution in [2.45, 2.75) is 19.5 Å². The second-order valence-corrected chi connectivity index (χ2v) is 4.37. The Balaban J connectivity index is 2.03. The molecule has 0 radical (unpaired) electrons. The molecule has 0 aliphatic carbocycles.